The first-order chi connectivity index (χ1) is 14.0. The van der Waals surface area contributed by atoms with Crippen LogP contribution < -0.4 is 5.32 Å². The summed E-state index contributed by atoms with van der Waals surface area (Å²) in [5, 5.41) is 12.2. The Morgan fingerprint density at radius 2 is 2.00 bits per heavy atom. The molecule has 160 valence electrons. The van der Waals surface area contributed by atoms with Gasteiger partial charge in [-0.1, -0.05) is 20.8 Å². The van der Waals surface area contributed by atoms with Gasteiger partial charge in [-0.25, -0.2) is 4.79 Å². The number of nitrogens with one attached hydrogen (secondary N) is 1. The smallest absolute Gasteiger partial charge is 0.348 e. The maximum Gasteiger partial charge on any atom is 0.348 e. The third-order valence-electron chi connectivity index (χ3n) is 6.78. The number of carbonyl (C=O) groups is 4. The topological polar surface area (TPSA) is 117 Å². The summed E-state index contributed by atoms with van der Waals surface area (Å²) >= 11 is 0.946. The first kappa shape index (κ1) is 22.0. The quantitative estimate of drug-likeness (QED) is 0.566. The summed E-state index contributed by atoms with van der Waals surface area (Å²) in [7, 11) is 0. The molecular formula is C21H25N3O5S. The number of likely N-dealkylation sites (tertiary alicyclic amines) is 1. The minimum atomic E-state index is -0.694. The molecule has 1 aromatic rings. The number of rotatable bonds is 5. The Balaban J connectivity index is 1.81. The van der Waals surface area contributed by atoms with Crippen LogP contribution in [0.15, 0.2) is 0 Å². The number of amides is 3. The molecule has 8 nitrogen and oxygen atoms in total. The van der Waals surface area contributed by atoms with Crippen molar-refractivity contribution in [3.05, 3.63) is 16.0 Å². The lowest BCUT2D eigenvalue weighted by atomic mass is 9.62. The number of thiophene rings is 1. The first-order valence-corrected chi connectivity index (χ1v) is 10.7. The van der Waals surface area contributed by atoms with E-state index in [0.717, 1.165) is 16.2 Å². The van der Waals surface area contributed by atoms with E-state index in [4.69, 9.17) is 4.74 Å². The molecule has 0 radical (unpaired) electrons. The Kier molecular flexibility index (Phi) is 5.50. The lowest BCUT2D eigenvalue weighted by Crippen LogP contribution is -2.60. The highest BCUT2D eigenvalue weighted by Gasteiger charge is 2.64. The molecule has 30 heavy (non-hydrogen) atoms. The van der Waals surface area contributed by atoms with Gasteiger partial charge < -0.3 is 10.1 Å². The number of esters is 1. The van der Waals surface area contributed by atoms with Crippen LogP contribution in [-0.2, 0) is 19.1 Å². The van der Waals surface area contributed by atoms with Gasteiger partial charge in [0.1, 0.15) is 22.5 Å². The van der Waals surface area contributed by atoms with E-state index in [1.54, 1.807) is 13.8 Å². The molecule has 0 aromatic carbocycles. The molecule has 1 saturated carbocycles. The maximum atomic E-state index is 13.1. The molecule has 2 atom stereocenters. The van der Waals surface area contributed by atoms with Gasteiger partial charge in [-0.15, -0.1) is 11.3 Å². The standard InChI is InChI=1S/C21H25N3O5S/c1-6-29-18(27)15-11(2)12(9-22)16(30-15)23-14(25)10-24-17(26)13-7-8-21(5,19(24)28)20(13,3)4/h13H,6-8,10H2,1-5H3,(H,23,25). The number of hydrogen-bond donors (Lipinski definition) is 1. The molecule has 1 aromatic heterocycles. The summed E-state index contributed by atoms with van der Waals surface area (Å²) in [4.78, 5) is 52.0. The second kappa shape index (κ2) is 7.51. The summed E-state index contributed by atoms with van der Waals surface area (Å²) in [6, 6.07) is 1.99. The van der Waals surface area contributed by atoms with Gasteiger partial charge in [-0.2, -0.15) is 5.26 Å². The number of anilines is 1. The molecule has 2 fully saturated rings. The fourth-order valence-electron chi connectivity index (χ4n) is 4.49. The molecule has 1 aliphatic heterocycles. The van der Waals surface area contributed by atoms with Crippen LogP contribution in [0.4, 0.5) is 5.00 Å². The van der Waals surface area contributed by atoms with Gasteiger partial charge in [-0.05, 0) is 37.7 Å². The van der Waals surface area contributed by atoms with Crippen LogP contribution in [0.1, 0.15) is 61.3 Å². The van der Waals surface area contributed by atoms with Gasteiger partial charge in [0.05, 0.1) is 17.6 Å². The highest BCUT2D eigenvalue weighted by molar-refractivity contribution is 7.18. The highest BCUT2D eigenvalue weighted by Crippen LogP contribution is 2.60. The van der Waals surface area contributed by atoms with E-state index in [-0.39, 0.29) is 39.8 Å². The van der Waals surface area contributed by atoms with E-state index in [1.165, 1.54) is 0 Å². The molecule has 2 heterocycles. The Bertz CT molecular complexity index is 990. The van der Waals surface area contributed by atoms with Crippen LogP contribution in [0.3, 0.4) is 0 Å². The van der Waals surface area contributed by atoms with Gasteiger partial charge in [0.2, 0.25) is 17.7 Å². The molecule has 2 aliphatic rings. The maximum absolute atomic E-state index is 13.1. The number of ether oxygens (including phenoxy) is 1. The van der Waals surface area contributed by atoms with E-state index < -0.39 is 29.3 Å². The van der Waals surface area contributed by atoms with Gasteiger partial charge in [0, 0.05) is 5.92 Å². The average molecular weight is 432 g/mol. The molecule has 2 bridgehead atoms. The van der Waals surface area contributed by atoms with Gasteiger partial charge >= 0.3 is 5.97 Å². The average Bonchev–Trinajstić information content (AvgIpc) is 3.08. The number of imide groups is 1. The summed E-state index contributed by atoms with van der Waals surface area (Å²) in [5.41, 5.74) is -0.559. The summed E-state index contributed by atoms with van der Waals surface area (Å²) < 4.78 is 4.99. The molecule has 1 saturated heterocycles. The number of hydrogen-bond acceptors (Lipinski definition) is 7. The van der Waals surface area contributed by atoms with Crippen LogP contribution in [-0.4, -0.2) is 41.7 Å². The normalized spacial score (nSPS) is 24.5. The van der Waals surface area contributed by atoms with Crippen molar-refractivity contribution in [1.29, 1.82) is 5.26 Å². The van der Waals surface area contributed by atoms with Crippen LogP contribution in [0.2, 0.25) is 0 Å². The Labute approximate surface area is 179 Å². The fraction of sp³-hybridized carbons (Fsp3) is 0.571. The third kappa shape index (κ3) is 3.10. The van der Waals surface area contributed by atoms with Crippen LogP contribution >= 0.6 is 11.3 Å². The van der Waals surface area contributed by atoms with Crippen molar-refractivity contribution in [3.63, 3.8) is 0 Å². The molecular weight excluding hydrogens is 406 g/mol. The van der Waals surface area contributed by atoms with Crippen LogP contribution in [0.5, 0.6) is 0 Å². The van der Waals surface area contributed by atoms with Crippen LogP contribution in [0.25, 0.3) is 0 Å². The zero-order chi connectivity index (χ0) is 22.4. The molecule has 3 rings (SSSR count). The lowest BCUT2D eigenvalue weighted by molar-refractivity contribution is -0.168. The summed E-state index contributed by atoms with van der Waals surface area (Å²) in [6.07, 6.45) is 1.23. The fourth-order valence-corrected chi connectivity index (χ4v) is 5.56. The molecule has 1 aliphatic carbocycles. The Morgan fingerprint density at radius 1 is 1.33 bits per heavy atom. The second-order valence-electron chi connectivity index (χ2n) is 8.52. The van der Waals surface area contributed by atoms with Crippen LogP contribution in [0, 0.1) is 35.0 Å². The number of piperidine rings is 1. The van der Waals surface area contributed by atoms with E-state index in [9.17, 15) is 24.4 Å². The number of nitrogens with zero attached hydrogens (tertiary/aromatic N) is 2. The van der Waals surface area contributed by atoms with E-state index in [1.807, 2.05) is 26.8 Å². The molecule has 1 N–H and O–H groups in total. The Hall–Kier alpha value is -2.73. The van der Waals surface area contributed by atoms with E-state index >= 15 is 0 Å². The van der Waals surface area contributed by atoms with Crippen molar-refractivity contribution >= 4 is 40.0 Å². The lowest BCUT2D eigenvalue weighted by Gasteiger charge is -2.47. The Morgan fingerprint density at radius 3 is 2.60 bits per heavy atom. The van der Waals surface area contributed by atoms with Crippen molar-refractivity contribution in [2.45, 2.75) is 47.5 Å². The summed E-state index contributed by atoms with van der Waals surface area (Å²) in [6.45, 7) is 8.77. The van der Waals surface area contributed by atoms with Crippen molar-refractivity contribution in [2.24, 2.45) is 16.7 Å². The molecule has 0 spiro atoms. The molecule has 9 heteroatoms. The van der Waals surface area contributed by atoms with Crippen molar-refractivity contribution in [1.82, 2.24) is 4.90 Å². The summed E-state index contributed by atoms with van der Waals surface area (Å²) in [5.74, 6) is -2.12. The molecule has 3 amide bonds. The molecule has 2 unspecified atom stereocenters. The minimum absolute atomic E-state index is 0.167. The SMILES string of the molecule is CCOC(=O)c1sc(NC(=O)CN2C(=O)C3CCC(C)(C2=O)C3(C)C)c(C#N)c1C. The third-order valence-corrected chi connectivity index (χ3v) is 7.97. The predicted molar refractivity (Wildman–Crippen MR) is 110 cm³/mol. The van der Waals surface area contributed by atoms with E-state index in [2.05, 4.69) is 5.32 Å². The number of carbonyl (C=O) groups excluding carboxylic acids is 4. The predicted octanol–water partition coefficient (Wildman–Crippen LogP) is 2.85. The monoisotopic (exact) mass is 431 g/mol. The van der Waals surface area contributed by atoms with Gasteiger partial charge in [0.25, 0.3) is 0 Å². The largest absolute Gasteiger partial charge is 0.462 e. The highest BCUT2D eigenvalue weighted by atomic mass is 32.1. The minimum Gasteiger partial charge on any atom is -0.462 e. The number of nitriles is 1. The van der Waals surface area contributed by atoms with Gasteiger partial charge in [0.15, 0.2) is 0 Å². The van der Waals surface area contributed by atoms with Crippen molar-refractivity contribution in [2.75, 3.05) is 18.5 Å². The second-order valence-corrected chi connectivity index (χ2v) is 9.54. The zero-order valence-corrected chi connectivity index (χ0v) is 18.6. The van der Waals surface area contributed by atoms with Crippen molar-refractivity contribution < 1.29 is 23.9 Å². The number of fused-ring (bicyclic) bond motifs is 2. The first-order valence-electron chi connectivity index (χ1n) is 9.85. The van der Waals surface area contributed by atoms with Crippen molar-refractivity contribution in [3.8, 4) is 6.07 Å². The van der Waals surface area contributed by atoms with E-state index in [0.29, 0.717) is 18.4 Å². The van der Waals surface area contributed by atoms with Gasteiger partial charge in [-0.3, -0.25) is 19.3 Å². The zero-order valence-electron chi connectivity index (χ0n) is 17.7.